The molecule has 130 valence electrons. The molecule has 1 aromatic heterocycles. The number of hydrogen-bond acceptors (Lipinski definition) is 1. The van der Waals surface area contributed by atoms with Gasteiger partial charge in [0.05, 0.1) is 5.52 Å². The number of nitrogens with zero attached hydrogens (tertiary/aromatic N) is 2. The van der Waals surface area contributed by atoms with Crippen molar-refractivity contribution in [1.29, 1.82) is 0 Å². The van der Waals surface area contributed by atoms with Crippen molar-refractivity contribution in [2.24, 2.45) is 12.5 Å². The molecular formula is C21H30N2O. The molecule has 2 aromatic rings. The van der Waals surface area contributed by atoms with Crippen LogP contribution in [0, 0.1) is 19.3 Å². The van der Waals surface area contributed by atoms with Crippen LogP contribution in [0.4, 0.5) is 0 Å². The molecule has 1 aromatic carbocycles. The summed E-state index contributed by atoms with van der Waals surface area (Å²) in [6, 6.07) is 6.34. The van der Waals surface area contributed by atoms with Crippen LogP contribution in [0.5, 0.6) is 0 Å². The van der Waals surface area contributed by atoms with Gasteiger partial charge in [-0.15, -0.1) is 0 Å². The fourth-order valence-corrected chi connectivity index (χ4v) is 4.41. The third-order valence-corrected chi connectivity index (χ3v) is 5.86. The minimum atomic E-state index is 0.138. The minimum absolute atomic E-state index is 0.138. The second-order valence-corrected chi connectivity index (χ2v) is 8.08. The molecule has 0 radical (unpaired) electrons. The molecular weight excluding hydrogens is 296 g/mol. The van der Waals surface area contributed by atoms with E-state index in [-0.39, 0.29) is 11.3 Å². The first-order valence-corrected chi connectivity index (χ1v) is 9.13. The molecule has 1 aliphatic rings. The number of fused-ring (bicyclic) bond motifs is 1. The maximum Gasteiger partial charge on any atom is 0.270 e. The molecule has 1 amide bonds. The van der Waals surface area contributed by atoms with Crippen LogP contribution in [0.25, 0.3) is 10.9 Å². The van der Waals surface area contributed by atoms with Crippen molar-refractivity contribution in [2.45, 2.75) is 52.9 Å². The maximum atomic E-state index is 13.1. The number of carbonyl (C=O) groups excluding carboxylic acids is 1. The Hall–Kier alpha value is -1.77. The summed E-state index contributed by atoms with van der Waals surface area (Å²) in [5.74, 6) is 0.138. The number of carbonyl (C=O) groups is 1. The van der Waals surface area contributed by atoms with Crippen LogP contribution in [0.1, 0.15) is 60.6 Å². The fourth-order valence-electron chi connectivity index (χ4n) is 4.41. The van der Waals surface area contributed by atoms with Gasteiger partial charge in [0.25, 0.3) is 5.91 Å². The smallest absolute Gasteiger partial charge is 0.270 e. The van der Waals surface area contributed by atoms with Crippen LogP contribution in [0.2, 0.25) is 0 Å². The number of aryl methyl sites for hydroxylation is 3. The van der Waals surface area contributed by atoms with Crippen molar-refractivity contribution in [3.63, 3.8) is 0 Å². The van der Waals surface area contributed by atoms with Crippen LogP contribution in [0.3, 0.4) is 0 Å². The van der Waals surface area contributed by atoms with Crippen molar-refractivity contribution in [1.82, 2.24) is 9.47 Å². The Kier molecular flexibility index (Phi) is 4.46. The number of benzene rings is 1. The van der Waals surface area contributed by atoms with Crippen molar-refractivity contribution in [3.05, 3.63) is 35.0 Å². The summed E-state index contributed by atoms with van der Waals surface area (Å²) in [5, 5.41) is 1.19. The Labute approximate surface area is 145 Å². The molecule has 1 saturated carbocycles. The number of aromatic nitrogens is 1. The third-order valence-electron chi connectivity index (χ3n) is 5.86. The standard InChI is InChI=1S/C21H30N2O/c1-15-9-10-16(2)19-17(15)13-18(23(19)5)20(24)22(4)14-21(3)11-7-6-8-12-21/h9-10,13H,6-8,11-12,14H2,1-5H3. The largest absolute Gasteiger partial charge is 0.340 e. The average Bonchev–Trinajstić information content (AvgIpc) is 2.89. The molecule has 0 aliphatic heterocycles. The van der Waals surface area contributed by atoms with Gasteiger partial charge in [-0.05, 0) is 49.3 Å². The zero-order valence-corrected chi connectivity index (χ0v) is 15.8. The highest BCUT2D eigenvalue weighted by molar-refractivity contribution is 6.00. The molecule has 1 fully saturated rings. The summed E-state index contributed by atoms with van der Waals surface area (Å²) in [6.45, 7) is 7.42. The van der Waals surface area contributed by atoms with E-state index >= 15 is 0 Å². The highest BCUT2D eigenvalue weighted by Crippen LogP contribution is 2.36. The van der Waals surface area contributed by atoms with Gasteiger partial charge < -0.3 is 9.47 Å². The van der Waals surface area contributed by atoms with Gasteiger partial charge in [0, 0.05) is 26.0 Å². The molecule has 0 N–H and O–H groups in total. The third kappa shape index (κ3) is 2.97. The average molecular weight is 326 g/mol. The first kappa shape index (κ1) is 17.1. The van der Waals surface area contributed by atoms with Gasteiger partial charge in [-0.1, -0.05) is 38.3 Å². The van der Waals surface area contributed by atoms with Crippen LogP contribution >= 0.6 is 0 Å². The fraction of sp³-hybridized carbons (Fsp3) is 0.571. The normalized spacial score (nSPS) is 17.2. The van der Waals surface area contributed by atoms with Crippen LogP contribution in [-0.2, 0) is 7.05 Å². The molecule has 1 heterocycles. The number of rotatable bonds is 3. The molecule has 0 bridgehead atoms. The van der Waals surface area contributed by atoms with Gasteiger partial charge in [-0.25, -0.2) is 0 Å². The van der Waals surface area contributed by atoms with E-state index in [0.717, 1.165) is 12.2 Å². The van der Waals surface area contributed by atoms with E-state index in [1.807, 2.05) is 19.0 Å². The molecule has 0 unspecified atom stereocenters. The predicted octanol–water partition coefficient (Wildman–Crippen LogP) is 4.84. The molecule has 0 spiro atoms. The maximum absolute atomic E-state index is 13.1. The Morgan fingerprint density at radius 1 is 1.17 bits per heavy atom. The monoisotopic (exact) mass is 326 g/mol. The van der Waals surface area contributed by atoms with Crippen molar-refractivity contribution in [2.75, 3.05) is 13.6 Å². The van der Waals surface area contributed by atoms with Gasteiger partial charge in [-0.2, -0.15) is 0 Å². The molecule has 0 atom stereocenters. The van der Waals surface area contributed by atoms with Crippen molar-refractivity contribution < 1.29 is 4.79 Å². The van der Waals surface area contributed by atoms with Crippen LogP contribution in [-0.4, -0.2) is 29.0 Å². The van der Waals surface area contributed by atoms with E-state index < -0.39 is 0 Å². The Morgan fingerprint density at radius 3 is 2.42 bits per heavy atom. The first-order valence-electron chi connectivity index (χ1n) is 9.13. The number of amides is 1. The lowest BCUT2D eigenvalue weighted by Gasteiger charge is -2.37. The highest BCUT2D eigenvalue weighted by Gasteiger charge is 2.30. The quantitative estimate of drug-likeness (QED) is 0.792. The lowest BCUT2D eigenvalue weighted by Crippen LogP contribution is -2.39. The minimum Gasteiger partial charge on any atom is -0.340 e. The first-order chi connectivity index (χ1) is 11.3. The van der Waals surface area contributed by atoms with Crippen molar-refractivity contribution >= 4 is 16.8 Å². The van der Waals surface area contributed by atoms with E-state index in [4.69, 9.17) is 0 Å². The van der Waals surface area contributed by atoms with Gasteiger partial charge >= 0.3 is 0 Å². The second kappa shape index (κ2) is 6.27. The van der Waals surface area contributed by atoms with Gasteiger partial charge in [0.1, 0.15) is 5.69 Å². The van der Waals surface area contributed by atoms with E-state index in [0.29, 0.717) is 0 Å². The summed E-state index contributed by atoms with van der Waals surface area (Å²) in [6.07, 6.45) is 6.40. The molecule has 0 saturated heterocycles. The van der Waals surface area contributed by atoms with Crippen LogP contribution < -0.4 is 0 Å². The van der Waals surface area contributed by atoms with E-state index in [1.165, 1.54) is 54.1 Å². The zero-order chi connectivity index (χ0) is 17.5. The highest BCUT2D eigenvalue weighted by atomic mass is 16.2. The summed E-state index contributed by atoms with van der Waals surface area (Å²) in [4.78, 5) is 15.0. The topological polar surface area (TPSA) is 25.2 Å². The van der Waals surface area contributed by atoms with Crippen molar-refractivity contribution in [3.8, 4) is 0 Å². The molecule has 3 nitrogen and oxygen atoms in total. The predicted molar refractivity (Wildman–Crippen MR) is 101 cm³/mol. The molecule has 24 heavy (non-hydrogen) atoms. The molecule has 1 aliphatic carbocycles. The Bertz CT molecular complexity index is 766. The summed E-state index contributed by atoms with van der Waals surface area (Å²) < 4.78 is 2.07. The van der Waals surface area contributed by atoms with Crippen LogP contribution in [0.15, 0.2) is 18.2 Å². The Balaban J connectivity index is 1.89. The summed E-state index contributed by atoms with van der Waals surface area (Å²) in [7, 11) is 3.97. The second-order valence-electron chi connectivity index (χ2n) is 8.08. The lowest BCUT2D eigenvalue weighted by atomic mass is 9.75. The lowest BCUT2D eigenvalue weighted by molar-refractivity contribution is 0.0672. The zero-order valence-electron chi connectivity index (χ0n) is 15.8. The van der Waals surface area contributed by atoms with Gasteiger partial charge in [0.2, 0.25) is 0 Å². The Morgan fingerprint density at radius 2 is 1.79 bits per heavy atom. The molecule has 3 rings (SSSR count). The summed E-state index contributed by atoms with van der Waals surface area (Å²) in [5.41, 5.74) is 4.70. The summed E-state index contributed by atoms with van der Waals surface area (Å²) >= 11 is 0. The van der Waals surface area contributed by atoms with Gasteiger partial charge in [-0.3, -0.25) is 4.79 Å². The SMILES string of the molecule is Cc1ccc(C)c2c1cc(C(=O)N(C)CC1(C)CCCCC1)n2C. The van der Waals surface area contributed by atoms with E-state index in [2.05, 4.69) is 43.5 Å². The van der Waals surface area contributed by atoms with E-state index in [1.54, 1.807) is 0 Å². The molecule has 3 heteroatoms. The van der Waals surface area contributed by atoms with Gasteiger partial charge in [0.15, 0.2) is 0 Å². The number of hydrogen-bond donors (Lipinski definition) is 0. The van der Waals surface area contributed by atoms with E-state index in [9.17, 15) is 4.79 Å².